The summed E-state index contributed by atoms with van der Waals surface area (Å²) in [5.74, 6) is -4.29. The van der Waals surface area contributed by atoms with Gasteiger partial charge in [-0.2, -0.15) is 13.2 Å². The molecule has 4 amide bonds. The van der Waals surface area contributed by atoms with Crippen molar-refractivity contribution >= 4 is 44.9 Å². The van der Waals surface area contributed by atoms with Gasteiger partial charge in [0.15, 0.2) is 0 Å². The van der Waals surface area contributed by atoms with Gasteiger partial charge in [-0.25, -0.2) is 23.2 Å². The summed E-state index contributed by atoms with van der Waals surface area (Å²) in [4.78, 5) is 66.9. The Morgan fingerprint density at radius 3 is 2.40 bits per heavy atom. The molecule has 4 aliphatic rings. The van der Waals surface area contributed by atoms with Crippen LogP contribution in [0, 0.1) is 17.8 Å². The van der Waals surface area contributed by atoms with Crippen LogP contribution < -0.4 is 19.5 Å². The van der Waals surface area contributed by atoms with Crippen LogP contribution in [-0.4, -0.2) is 104 Å². The van der Waals surface area contributed by atoms with Crippen molar-refractivity contribution in [1.82, 2.24) is 29.8 Å². The number of carboxylic acid groups (broad SMARTS) is 1. The molecule has 15 nitrogen and oxygen atoms in total. The summed E-state index contributed by atoms with van der Waals surface area (Å²) in [5.41, 5.74) is -4.31. The van der Waals surface area contributed by atoms with Gasteiger partial charge in [-0.15, -0.1) is 0 Å². The number of nitrogens with zero attached hydrogens (tertiary/aromatic N) is 4. The van der Waals surface area contributed by atoms with E-state index < -0.39 is 104 Å². The van der Waals surface area contributed by atoms with Crippen molar-refractivity contribution in [2.45, 2.75) is 147 Å². The molecule has 330 valence electrons. The number of benzene rings is 1. The summed E-state index contributed by atoms with van der Waals surface area (Å²) in [5, 5.41) is 12.7. The molecule has 3 fully saturated rings. The molecule has 0 bridgehead atoms. The highest BCUT2D eigenvalue weighted by atomic mass is 32.2. The molecule has 7 atom stereocenters. The number of halogens is 3. The van der Waals surface area contributed by atoms with E-state index in [1.807, 2.05) is 19.9 Å². The Labute approximate surface area is 347 Å². The molecule has 0 radical (unpaired) electrons. The molecule has 1 saturated heterocycles. The van der Waals surface area contributed by atoms with Crippen molar-refractivity contribution in [3.63, 3.8) is 0 Å². The number of ether oxygens (including phenoxy) is 2. The van der Waals surface area contributed by atoms with Gasteiger partial charge in [-0.1, -0.05) is 32.4 Å². The van der Waals surface area contributed by atoms with Gasteiger partial charge in [-0.05, 0) is 97.1 Å². The molecule has 1 aromatic carbocycles. The molecule has 19 heteroatoms. The van der Waals surface area contributed by atoms with Crippen LogP contribution in [0.4, 0.5) is 18.0 Å². The Balaban J connectivity index is 1.43. The van der Waals surface area contributed by atoms with E-state index in [0.29, 0.717) is 44.3 Å². The Hall–Kier alpha value is -4.68. The maximum atomic E-state index is 15.2. The molecular weight excluding hydrogens is 810 g/mol. The summed E-state index contributed by atoms with van der Waals surface area (Å²) < 4.78 is 83.4. The quantitative estimate of drug-likeness (QED) is 0.257. The van der Waals surface area contributed by atoms with Crippen LogP contribution in [0.3, 0.4) is 0 Å². The van der Waals surface area contributed by atoms with E-state index in [9.17, 15) is 41.1 Å². The molecule has 2 aliphatic carbocycles. The number of hydrogen-bond acceptors (Lipinski definition) is 10. The number of aromatic nitrogens is 2. The Morgan fingerprint density at radius 2 is 1.80 bits per heavy atom. The third-order valence-corrected chi connectivity index (χ3v) is 13.5. The highest BCUT2D eigenvalue weighted by molar-refractivity contribution is 7.91. The number of carbonyl (C=O) groups excluding carboxylic acids is 3. The molecule has 2 saturated carbocycles. The summed E-state index contributed by atoms with van der Waals surface area (Å²) in [7, 11) is -4.03. The minimum atomic E-state index is -5.03. The van der Waals surface area contributed by atoms with Crippen LogP contribution >= 0.6 is 0 Å². The fourth-order valence-electron chi connectivity index (χ4n) is 8.44. The van der Waals surface area contributed by atoms with Gasteiger partial charge < -0.3 is 24.8 Å². The first-order chi connectivity index (χ1) is 27.9. The second-order valence-corrected chi connectivity index (χ2v) is 19.9. The van der Waals surface area contributed by atoms with Crippen molar-refractivity contribution in [2.75, 3.05) is 6.54 Å². The van der Waals surface area contributed by atoms with E-state index >= 15 is 4.79 Å². The van der Waals surface area contributed by atoms with Gasteiger partial charge in [0, 0.05) is 23.9 Å². The number of carbonyl (C=O) groups is 4. The predicted molar refractivity (Wildman–Crippen MR) is 213 cm³/mol. The zero-order valence-corrected chi connectivity index (χ0v) is 35.7. The minimum absolute atomic E-state index is 0.00415. The lowest BCUT2D eigenvalue weighted by Crippen LogP contribution is -2.62. The van der Waals surface area contributed by atoms with E-state index in [4.69, 9.17) is 9.47 Å². The second kappa shape index (κ2) is 16.6. The number of hydrogen-bond donors (Lipinski definition) is 3. The van der Waals surface area contributed by atoms with Crippen molar-refractivity contribution in [1.29, 1.82) is 0 Å². The largest absolute Gasteiger partial charge is 0.491 e. The van der Waals surface area contributed by atoms with E-state index in [2.05, 4.69) is 20.0 Å². The minimum Gasteiger partial charge on any atom is -0.491 e. The molecular formula is C41H55F3N6O9S. The average Bonchev–Trinajstić information content (AvgIpc) is 4.06. The fraction of sp³-hybridized carbons (Fsp3) is 0.659. The van der Waals surface area contributed by atoms with Crippen molar-refractivity contribution in [2.24, 2.45) is 17.8 Å². The SMILES string of the molecule is CC[C@@H]1C[C@H](C)CCC=C[C@@H]2C[C@@]2(C(=O)NS(=O)(=O)C2CC2)NC(=O)[C@@H]2C[C@@H](Oc3nc4cc(OC(C)C)ccc4nc3C(F)(F)F)CN2C(=O)[C@H]1N(C(=O)O)C(C)(C)C. The normalized spacial score (nSPS) is 27.9. The van der Waals surface area contributed by atoms with Gasteiger partial charge in [0.1, 0.15) is 29.5 Å². The number of amides is 4. The Bertz CT molecular complexity index is 2140. The number of sulfonamides is 1. The van der Waals surface area contributed by atoms with Gasteiger partial charge in [0.2, 0.25) is 33.4 Å². The summed E-state index contributed by atoms with van der Waals surface area (Å²) in [6.07, 6.45) is -1.85. The summed E-state index contributed by atoms with van der Waals surface area (Å²) >= 11 is 0. The van der Waals surface area contributed by atoms with Crippen LogP contribution in [-0.2, 0) is 30.6 Å². The van der Waals surface area contributed by atoms with Gasteiger partial charge >= 0.3 is 12.3 Å². The number of fused-ring (bicyclic) bond motifs is 3. The highest BCUT2D eigenvalue weighted by Crippen LogP contribution is 2.46. The number of rotatable bonds is 9. The molecule has 2 aliphatic heterocycles. The van der Waals surface area contributed by atoms with E-state index in [1.54, 1.807) is 40.7 Å². The van der Waals surface area contributed by atoms with Gasteiger partial charge in [0.25, 0.3) is 5.91 Å². The van der Waals surface area contributed by atoms with Crippen LogP contribution in [0.25, 0.3) is 11.0 Å². The highest BCUT2D eigenvalue weighted by Gasteiger charge is 2.62. The smallest absolute Gasteiger partial charge is 0.438 e. The fourth-order valence-corrected chi connectivity index (χ4v) is 9.80. The lowest BCUT2D eigenvalue weighted by atomic mass is 9.82. The third kappa shape index (κ3) is 9.60. The third-order valence-electron chi connectivity index (χ3n) is 11.7. The van der Waals surface area contributed by atoms with E-state index in [-0.39, 0.29) is 35.9 Å². The van der Waals surface area contributed by atoms with Crippen LogP contribution in [0.2, 0.25) is 0 Å². The molecule has 2 aromatic rings. The number of allylic oxidation sites excluding steroid dienone is 1. The van der Waals surface area contributed by atoms with Crippen molar-refractivity contribution in [3.05, 3.63) is 36.0 Å². The number of alkyl halides is 3. The Kier molecular flexibility index (Phi) is 12.4. The second-order valence-electron chi connectivity index (χ2n) is 17.9. The topological polar surface area (TPSA) is 197 Å². The monoisotopic (exact) mass is 864 g/mol. The maximum Gasteiger partial charge on any atom is 0.438 e. The first kappa shape index (κ1) is 44.9. The maximum absolute atomic E-state index is 15.2. The molecule has 3 heterocycles. The molecule has 60 heavy (non-hydrogen) atoms. The van der Waals surface area contributed by atoms with Crippen LogP contribution in [0.15, 0.2) is 30.4 Å². The number of nitrogens with one attached hydrogen (secondary N) is 2. The molecule has 6 rings (SSSR count). The van der Waals surface area contributed by atoms with E-state index in [0.717, 1.165) is 9.80 Å². The first-order valence-corrected chi connectivity index (χ1v) is 22.1. The first-order valence-electron chi connectivity index (χ1n) is 20.5. The van der Waals surface area contributed by atoms with E-state index in [1.165, 1.54) is 18.2 Å². The molecule has 0 unspecified atom stereocenters. The molecule has 1 aromatic heterocycles. The van der Waals surface area contributed by atoms with Crippen molar-refractivity contribution in [3.8, 4) is 11.6 Å². The molecule has 3 N–H and O–H groups in total. The zero-order chi connectivity index (χ0) is 44.1. The Morgan fingerprint density at radius 1 is 1.10 bits per heavy atom. The summed E-state index contributed by atoms with van der Waals surface area (Å²) in [6, 6.07) is 1.42. The lowest BCUT2D eigenvalue weighted by Gasteiger charge is -2.44. The lowest BCUT2D eigenvalue weighted by molar-refractivity contribution is -0.146. The van der Waals surface area contributed by atoms with Gasteiger partial charge in [-0.3, -0.25) is 24.0 Å². The molecule has 0 spiro atoms. The van der Waals surface area contributed by atoms with Crippen LogP contribution in [0.1, 0.15) is 106 Å². The predicted octanol–water partition coefficient (Wildman–Crippen LogP) is 5.82. The van der Waals surface area contributed by atoms with Gasteiger partial charge in [0.05, 0.1) is 28.9 Å². The van der Waals surface area contributed by atoms with Crippen LogP contribution in [0.5, 0.6) is 11.6 Å². The average molecular weight is 865 g/mol. The standard InChI is InChI=1S/C41H55F3N6O9S/c1-8-24-17-23(4)11-9-10-12-25-20-40(25,37(53)48-60(56,57)28-14-15-28)47-34(51)31-19-27(21-49(31)36(52)32(24)50(38(54)55)39(5,6)7)59-35-33(41(42,43)44)45-29-16-13-26(58-22(2)3)18-30(29)46-35/h10,12-13,16,18,22-25,27-28,31-32H,8-9,11,14-15,17,19-21H2,1-7H3,(H,47,51)(H,48,53)(H,54,55)/t23-,24-,25-,27-,31+,32+,40-/m1/s1. The summed E-state index contributed by atoms with van der Waals surface area (Å²) in [6.45, 7) is 11.9. The van der Waals surface area contributed by atoms with Crippen molar-refractivity contribution < 1.29 is 55.3 Å². The zero-order valence-electron chi connectivity index (χ0n) is 34.9.